The Balaban J connectivity index is 3.04. The van der Waals surface area contributed by atoms with Crippen molar-refractivity contribution in [3.63, 3.8) is 0 Å². The van der Waals surface area contributed by atoms with Crippen LogP contribution in [0.15, 0.2) is 12.1 Å². The first kappa shape index (κ1) is 16.2. The van der Waals surface area contributed by atoms with Crippen LogP contribution in [-0.2, 0) is 11.3 Å². The van der Waals surface area contributed by atoms with E-state index >= 15 is 0 Å². The molecule has 0 aliphatic carbocycles. The second kappa shape index (κ2) is 7.66. The zero-order chi connectivity index (χ0) is 15.1. The first-order valence-corrected chi connectivity index (χ1v) is 6.15. The highest BCUT2D eigenvalue weighted by molar-refractivity contribution is 5.54. The van der Waals surface area contributed by atoms with E-state index in [0.717, 1.165) is 0 Å². The maximum Gasteiger partial charge on any atom is 0.278 e. The zero-order valence-electron chi connectivity index (χ0n) is 11.8. The fourth-order valence-electron chi connectivity index (χ4n) is 1.70. The summed E-state index contributed by atoms with van der Waals surface area (Å²) in [7, 11) is 3.03. The van der Waals surface area contributed by atoms with Gasteiger partial charge >= 0.3 is 0 Å². The highest BCUT2D eigenvalue weighted by Gasteiger charge is 2.20. The van der Waals surface area contributed by atoms with Crippen LogP contribution in [0.2, 0.25) is 0 Å². The molecule has 1 aromatic carbocycles. The summed E-state index contributed by atoms with van der Waals surface area (Å²) in [5.41, 5.74) is -0.00835. The predicted molar refractivity (Wildman–Crippen MR) is 72.2 cm³/mol. The molecule has 0 saturated carbocycles. The number of hydrogen-bond donors (Lipinski definition) is 1. The molecular formula is C13H19NO6. The van der Waals surface area contributed by atoms with Gasteiger partial charge in [0.05, 0.1) is 36.4 Å². The van der Waals surface area contributed by atoms with Gasteiger partial charge < -0.3 is 19.3 Å². The molecule has 112 valence electrons. The van der Waals surface area contributed by atoms with Gasteiger partial charge in [0.1, 0.15) is 0 Å². The van der Waals surface area contributed by atoms with Crippen LogP contribution in [0.25, 0.3) is 0 Å². The van der Waals surface area contributed by atoms with Crippen LogP contribution in [0.3, 0.4) is 0 Å². The summed E-state index contributed by atoms with van der Waals surface area (Å²) in [5.74, 6) is 0.629. The Bertz CT molecular complexity index is 462. The predicted octanol–water partition coefficient (Wildman–Crippen LogP) is 1.90. The monoisotopic (exact) mass is 285 g/mol. The molecule has 1 unspecified atom stereocenters. The fraction of sp³-hybridized carbons (Fsp3) is 0.538. The van der Waals surface area contributed by atoms with Gasteiger partial charge in [-0.15, -0.1) is 0 Å². The number of aliphatic hydroxyl groups excluding tert-OH is 1. The Morgan fingerprint density at radius 3 is 2.55 bits per heavy atom. The Labute approximate surface area is 117 Å². The Hall–Kier alpha value is -1.86. The summed E-state index contributed by atoms with van der Waals surface area (Å²) in [6.45, 7) is 1.93. The lowest BCUT2D eigenvalue weighted by Gasteiger charge is -2.17. The molecule has 7 heteroatoms. The van der Waals surface area contributed by atoms with E-state index in [1.54, 1.807) is 7.11 Å². The summed E-state index contributed by atoms with van der Waals surface area (Å²) >= 11 is 0. The summed E-state index contributed by atoms with van der Waals surface area (Å²) in [4.78, 5) is 10.4. The molecular weight excluding hydrogens is 266 g/mol. The molecule has 0 radical (unpaired) electrons. The van der Waals surface area contributed by atoms with E-state index in [9.17, 15) is 10.1 Å². The van der Waals surface area contributed by atoms with Crippen molar-refractivity contribution in [2.75, 3.05) is 20.8 Å². The first-order valence-electron chi connectivity index (χ1n) is 6.15. The number of ether oxygens (including phenoxy) is 3. The van der Waals surface area contributed by atoms with Crippen molar-refractivity contribution in [1.29, 1.82) is 0 Å². The fourth-order valence-corrected chi connectivity index (χ4v) is 1.70. The van der Waals surface area contributed by atoms with Crippen LogP contribution in [0, 0.1) is 10.1 Å². The molecule has 1 atom stereocenters. The standard InChI is InChI=1S/C13H19NO6/c1-9(4-5-18-2)20-13-7-11(14(16)17)10(8-15)6-12(13)19-3/h6-7,9,15H,4-5,8H2,1-3H3. The zero-order valence-corrected chi connectivity index (χ0v) is 11.8. The van der Waals surface area contributed by atoms with Gasteiger partial charge in [0, 0.05) is 20.1 Å². The number of aliphatic hydroxyl groups is 1. The smallest absolute Gasteiger partial charge is 0.278 e. The SMILES string of the molecule is COCCC(C)Oc1cc([N+](=O)[O-])c(CO)cc1OC. The lowest BCUT2D eigenvalue weighted by molar-refractivity contribution is -0.386. The molecule has 0 aliphatic rings. The van der Waals surface area contributed by atoms with Crippen molar-refractivity contribution >= 4 is 5.69 Å². The van der Waals surface area contributed by atoms with Crippen LogP contribution < -0.4 is 9.47 Å². The Kier molecular flexibility index (Phi) is 6.20. The molecule has 0 amide bonds. The van der Waals surface area contributed by atoms with Crippen molar-refractivity contribution in [3.05, 3.63) is 27.8 Å². The maximum atomic E-state index is 11.0. The average molecular weight is 285 g/mol. The van der Waals surface area contributed by atoms with Gasteiger partial charge in [-0.2, -0.15) is 0 Å². The first-order chi connectivity index (χ1) is 9.53. The summed E-state index contributed by atoms with van der Waals surface area (Å²) in [6.07, 6.45) is 0.471. The van der Waals surface area contributed by atoms with Gasteiger partial charge in [-0.25, -0.2) is 0 Å². The van der Waals surface area contributed by atoms with Crippen molar-refractivity contribution in [3.8, 4) is 11.5 Å². The highest BCUT2D eigenvalue weighted by atomic mass is 16.6. The number of benzene rings is 1. The molecule has 20 heavy (non-hydrogen) atoms. The van der Waals surface area contributed by atoms with Gasteiger partial charge in [-0.05, 0) is 13.0 Å². The molecule has 0 saturated heterocycles. The average Bonchev–Trinajstić information content (AvgIpc) is 2.44. The Morgan fingerprint density at radius 1 is 1.35 bits per heavy atom. The molecule has 0 aliphatic heterocycles. The largest absolute Gasteiger partial charge is 0.493 e. The number of methoxy groups -OCH3 is 2. The number of nitro benzene ring substituents is 1. The quantitative estimate of drug-likeness (QED) is 0.579. The number of hydrogen-bond acceptors (Lipinski definition) is 6. The second-order valence-corrected chi connectivity index (χ2v) is 4.26. The summed E-state index contributed by atoms with van der Waals surface area (Å²) in [5, 5.41) is 20.1. The van der Waals surface area contributed by atoms with Gasteiger partial charge in [0.15, 0.2) is 11.5 Å². The van der Waals surface area contributed by atoms with Gasteiger partial charge in [0.25, 0.3) is 5.69 Å². The van der Waals surface area contributed by atoms with Gasteiger partial charge in [-0.3, -0.25) is 10.1 Å². The van der Waals surface area contributed by atoms with E-state index in [4.69, 9.17) is 19.3 Å². The summed E-state index contributed by atoms with van der Waals surface area (Å²) in [6, 6.07) is 2.68. The van der Waals surface area contributed by atoms with Crippen molar-refractivity contribution < 1.29 is 24.2 Å². The molecule has 0 bridgehead atoms. The van der Waals surface area contributed by atoms with Crippen LogP contribution >= 0.6 is 0 Å². The topological polar surface area (TPSA) is 91.1 Å². The lowest BCUT2D eigenvalue weighted by Crippen LogP contribution is -2.15. The van der Waals surface area contributed by atoms with Crippen LogP contribution in [0.4, 0.5) is 5.69 Å². The van der Waals surface area contributed by atoms with Crippen molar-refractivity contribution in [2.24, 2.45) is 0 Å². The molecule has 0 aromatic heterocycles. The molecule has 7 nitrogen and oxygen atoms in total. The molecule has 1 aromatic rings. The van der Waals surface area contributed by atoms with Crippen molar-refractivity contribution in [1.82, 2.24) is 0 Å². The molecule has 0 spiro atoms. The van der Waals surface area contributed by atoms with E-state index in [-0.39, 0.29) is 23.1 Å². The minimum atomic E-state index is -0.558. The highest BCUT2D eigenvalue weighted by Crippen LogP contribution is 2.35. The maximum absolute atomic E-state index is 11.0. The van der Waals surface area contributed by atoms with Gasteiger partial charge in [-0.1, -0.05) is 0 Å². The van der Waals surface area contributed by atoms with Crippen molar-refractivity contribution in [2.45, 2.75) is 26.1 Å². The summed E-state index contributed by atoms with van der Waals surface area (Å²) < 4.78 is 15.7. The third-order valence-electron chi connectivity index (χ3n) is 2.79. The van der Waals surface area contributed by atoms with E-state index in [1.165, 1.54) is 19.2 Å². The van der Waals surface area contributed by atoms with E-state index in [2.05, 4.69) is 0 Å². The van der Waals surface area contributed by atoms with Crippen LogP contribution in [0.1, 0.15) is 18.9 Å². The third kappa shape index (κ3) is 4.07. The normalized spacial score (nSPS) is 12.0. The van der Waals surface area contributed by atoms with Crippen LogP contribution in [0.5, 0.6) is 11.5 Å². The van der Waals surface area contributed by atoms with E-state index in [0.29, 0.717) is 18.8 Å². The second-order valence-electron chi connectivity index (χ2n) is 4.26. The number of rotatable bonds is 8. The minimum absolute atomic E-state index is 0.177. The lowest BCUT2D eigenvalue weighted by atomic mass is 10.1. The molecule has 1 rings (SSSR count). The molecule has 0 heterocycles. The van der Waals surface area contributed by atoms with Crippen LogP contribution in [-0.4, -0.2) is 37.0 Å². The molecule has 0 fully saturated rings. The third-order valence-corrected chi connectivity index (χ3v) is 2.79. The Morgan fingerprint density at radius 2 is 2.05 bits per heavy atom. The van der Waals surface area contributed by atoms with Gasteiger partial charge in [0.2, 0.25) is 0 Å². The number of nitrogens with zero attached hydrogens (tertiary/aromatic N) is 1. The molecule has 1 N–H and O–H groups in total. The minimum Gasteiger partial charge on any atom is -0.493 e. The van der Waals surface area contributed by atoms with E-state index in [1.807, 2.05) is 6.92 Å². The number of nitro groups is 1. The van der Waals surface area contributed by atoms with E-state index < -0.39 is 11.5 Å².